The molecule has 0 radical (unpaired) electrons. The number of rotatable bonds is 9. The lowest BCUT2D eigenvalue weighted by atomic mass is 9.87. The Morgan fingerprint density at radius 3 is 2.14 bits per heavy atom. The van der Waals surface area contributed by atoms with E-state index in [4.69, 9.17) is 9.47 Å². The third-order valence-corrected chi connectivity index (χ3v) is 5.56. The summed E-state index contributed by atoms with van der Waals surface area (Å²) in [6.07, 6.45) is -4.85. The van der Waals surface area contributed by atoms with Gasteiger partial charge in [-0.15, -0.1) is 0 Å². The van der Waals surface area contributed by atoms with E-state index in [2.05, 4.69) is 0 Å². The van der Waals surface area contributed by atoms with E-state index in [9.17, 15) is 23.1 Å². The van der Waals surface area contributed by atoms with Crippen LogP contribution in [0.3, 0.4) is 0 Å². The van der Waals surface area contributed by atoms with Gasteiger partial charge in [0, 0.05) is 5.92 Å². The van der Waals surface area contributed by atoms with Crippen molar-refractivity contribution in [2.24, 2.45) is 0 Å². The van der Waals surface area contributed by atoms with Crippen LogP contribution in [0, 0.1) is 0 Å². The Labute approximate surface area is 206 Å². The molecule has 0 aromatic heterocycles. The first-order chi connectivity index (χ1) is 17.3. The summed E-state index contributed by atoms with van der Waals surface area (Å²) in [4.78, 5) is 11.5. The zero-order valence-corrected chi connectivity index (χ0v) is 19.1. The second-order valence-electron chi connectivity index (χ2n) is 8.19. The zero-order valence-electron chi connectivity index (χ0n) is 19.1. The van der Waals surface area contributed by atoms with Gasteiger partial charge in [-0.2, -0.15) is 13.2 Å². The molecule has 0 spiro atoms. The Bertz CT molecular complexity index is 1300. The molecule has 0 saturated heterocycles. The number of carboxylic acid groups (broad SMARTS) is 1. The molecule has 0 aliphatic rings. The number of halogens is 3. The van der Waals surface area contributed by atoms with E-state index in [-0.39, 0.29) is 18.6 Å². The number of aliphatic carboxylic acids is 1. The number of carbonyl (C=O) groups is 1. The van der Waals surface area contributed by atoms with Crippen molar-refractivity contribution in [3.8, 4) is 17.2 Å². The van der Waals surface area contributed by atoms with Crippen LogP contribution in [0.25, 0.3) is 0 Å². The van der Waals surface area contributed by atoms with Crippen molar-refractivity contribution < 1.29 is 32.5 Å². The molecular formula is C29H23F3O4. The van der Waals surface area contributed by atoms with Crippen LogP contribution in [-0.4, -0.2) is 11.1 Å². The predicted octanol–water partition coefficient (Wildman–Crippen LogP) is 7.68. The highest BCUT2D eigenvalue weighted by molar-refractivity contribution is 5.69. The Balaban J connectivity index is 1.46. The van der Waals surface area contributed by atoms with Gasteiger partial charge < -0.3 is 14.6 Å². The number of hydrogen-bond acceptors (Lipinski definition) is 3. The molecule has 4 aromatic carbocycles. The lowest BCUT2D eigenvalue weighted by Gasteiger charge is -2.18. The largest absolute Gasteiger partial charge is 0.489 e. The smallest absolute Gasteiger partial charge is 0.416 e. The molecule has 1 N–H and O–H groups in total. The number of alkyl halides is 3. The van der Waals surface area contributed by atoms with E-state index in [1.165, 1.54) is 12.1 Å². The van der Waals surface area contributed by atoms with Crippen molar-refractivity contribution in [1.82, 2.24) is 0 Å². The Hall–Kier alpha value is -4.26. The standard InChI is InChI=1S/C29H23F3O4/c30-29(31,32)23-8-5-7-22(17-23)27(18-28(33)34)21-12-14-24(15-13-21)35-19-20-6-4-11-26(16-20)36-25-9-2-1-3-10-25/h1-17,27H,18-19H2,(H,33,34). The fraction of sp³-hybridized carbons (Fsp3) is 0.138. The second kappa shape index (κ2) is 11.0. The highest BCUT2D eigenvalue weighted by Gasteiger charge is 2.31. The normalized spacial score (nSPS) is 12.1. The minimum absolute atomic E-state index is 0.275. The van der Waals surface area contributed by atoms with E-state index in [1.54, 1.807) is 24.3 Å². The molecule has 0 aliphatic heterocycles. The molecule has 4 aromatic rings. The highest BCUT2D eigenvalue weighted by atomic mass is 19.4. The minimum atomic E-state index is -4.51. The van der Waals surface area contributed by atoms with Gasteiger partial charge in [0.05, 0.1) is 12.0 Å². The van der Waals surface area contributed by atoms with Crippen molar-refractivity contribution in [3.63, 3.8) is 0 Å². The molecule has 0 fully saturated rings. The molecule has 4 rings (SSSR count). The quantitative estimate of drug-likeness (QED) is 0.260. The maximum atomic E-state index is 13.2. The summed E-state index contributed by atoms with van der Waals surface area (Å²) in [7, 11) is 0. The van der Waals surface area contributed by atoms with E-state index < -0.39 is 23.6 Å². The van der Waals surface area contributed by atoms with Crippen LogP contribution < -0.4 is 9.47 Å². The molecule has 4 nitrogen and oxygen atoms in total. The molecule has 7 heteroatoms. The lowest BCUT2D eigenvalue weighted by Crippen LogP contribution is -2.11. The van der Waals surface area contributed by atoms with Gasteiger partial charge >= 0.3 is 12.1 Å². The van der Waals surface area contributed by atoms with Crippen LogP contribution in [0.2, 0.25) is 0 Å². The van der Waals surface area contributed by atoms with Crippen LogP contribution >= 0.6 is 0 Å². The third-order valence-electron chi connectivity index (χ3n) is 5.56. The van der Waals surface area contributed by atoms with Crippen molar-refractivity contribution in [2.45, 2.75) is 25.1 Å². The summed E-state index contributed by atoms with van der Waals surface area (Å²) >= 11 is 0. The average Bonchev–Trinajstić information content (AvgIpc) is 2.87. The van der Waals surface area contributed by atoms with E-state index in [1.807, 2.05) is 54.6 Å². The highest BCUT2D eigenvalue weighted by Crippen LogP contribution is 2.35. The lowest BCUT2D eigenvalue weighted by molar-refractivity contribution is -0.138. The van der Waals surface area contributed by atoms with E-state index in [0.717, 1.165) is 23.4 Å². The number of benzene rings is 4. The number of ether oxygens (including phenoxy) is 2. The maximum absolute atomic E-state index is 13.2. The third kappa shape index (κ3) is 6.66. The summed E-state index contributed by atoms with van der Waals surface area (Å²) in [5.41, 5.74) is 0.951. The van der Waals surface area contributed by atoms with Gasteiger partial charge in [0.15, 0.2) is 0 Å². The van der Waals surface area contributed by atoms with Crippen LogP contribution in [0.1, 0.15) is 34.6 Å². The first kappa shape index (κ1) is 24.9. The summed E-state index contributed by atoms with van der Waals surface area (Å²) in [5.74, 6) is 0.116. The maximum Gasteiger partial charge on any atom is 0.416 e. The minimum Gasteiger partial charge on any atom is -0.489 e. The summed E-state index contributed by atoms with van der Waals surface area (Å²) in [6, 6.07) is 28.4. The van der Waals surface area contributed by atoms with Gasteiger partial charge in [-0.05, 0) is 59.2 Å². The summed E-state index contributed by atoms with van der Waals surface area (Å²) in [5, 5.41) is 9.36. The molecule has 1 atom stereocenters. The molecule has 0 aliphatic carbocycles. The molecule has 0 saturated carbocycles. The first-order valence-corrected chi connectivity index (χ1v) is 11.2. The van der Waals surface area contributed by atoms with Crippen molar-refractivity contribution in [2.75, 3.05) is 0 Å². The topological polar surface area (TPSA) is 55.8 Å². The molecule has 1 unspecified atom stereocenters. The second-order valence-corrected chi connectivity index (χ2v) is 8.19. The van der Waals surface area contributed by atoms with E-state index >= 15 is 0 Å². The first-order valence-electron chi connectivity index (χ1n) is 11.2. The Morgan fingerprint density at radius 2 is 1.44 bits per heavy atom. The molecule has 184 valence electrons. The molecular weight excluding hydrogens is 469 g/mol. The van der Waals surface area contributed by atoms with Gasteiger partial charge in [-0.3, -0.25) is 4.79 Å². The fourth-order valence-corrected chi connectivity index (χ4v) is 3.82. The van der Waals surface area contributed by atoms with Crippen molar-refractivity contribution >= 4 is 5.97 Å². The zero-order chi connectivity index (χ0) is 25.5. The van der Waals surface area contributed by atoms with Gasteiger partial charge in [0.1, 0.15) is 23.9 Å². The van der Waals surface area contributed by atoms with Gasteiger partial charge in [0.25, 0.3) is 0 Å². The average molecular weight is 492 g/mol. The fourth-order valence-electron chi connectivity index (χ4n) is 3.82. The Kier molecular flexibility index (Phi) is 7.59. The van der Waals surface area contributed by atoms with Gasteiger partial charge in [-0.1, -0.05) is 60.7 Å². The predicted molar refractivity (Wildman–Crippen MR) is 129 cm³/mol. The van der Waals surface area contributed by atoms with Gasteiger partial charge in [0.2, 0.25) is 0 Å². The summed E-state index contributed by atoms with van der Waals surface area (Å²) < 4.78 is 51.2. The van der Waals surface area contributed by atoms with Crippen LogP contribution in [0.15, 0.2) is 103 Å². The molecule has 0 heterocycles. The van der Waals surface area contributed by atoms with Crippen LogP contribution in [0.5, 0.6) is 17.2 Å². The van der Waals surface area contributed by atoms with Gasteiger partial charge in [-0.25, -0.2) is 0 Å². The van der Waals surface area contributed by atoms with E-state index in [0.29, 0.717) is 17.1 Å². The van der Waals surface area contributed by atoms with Crippen molar-refractivity contribution in [1.29, 1.82) is 0 Å². The molecule has 0 amide bonds. The van der Waals surface area contributed by atoms with Crippen LogP contribution in [-0.2, 0) is 17.6 Å². The van der Waals surface area contributed by atoms with Crippen molar-refractivity contribution in [3.05, 3.63) is 125 Å². The summed E-state index contributed by atoms with van der Waals surface area (Å²) in [6.45, 7) is 0.275. The Morgan fingerprint density at radius 1 is 0.750 bits per heavy atom. The molecule has 0 bridgehead atoms. The monoisotopic (exact) mass is 492 g/mol. The number of para-hydroxylation sites is 1. The number of hydrogen-bond donors (Lipinski definition) is 1. The number of carboxylic acids is 1. The van der Waals surface area contributed by atoms with Crippen LogP contribution in [0.4, 0.5) is 13.2 Å². The molecule has 36 heavy (non-hydrogen) atoms. The SMILES string of the molecule is O=C(O)CC(c1ccc(OCc2cccc(Oc3ccccc3)c2)cc1)c1cccc(C(F)(F)F)c1.